The Morgan fingerprint density at radius 2 is 1.76 bits per heavy atom. The average molecular weight is 241 g/mol. The van der Waals surface area contributed by atoms with E-state index in [2.05, 4.69) is 5.32 Å². The minimum atomic E-state index is 0.223. The van der Waals surface area contributed by atoms with E-state index >= 15 is 0 Å². The molecule has 1 saturated carbocycles. The molecule has 3 nitrogen and oxygen atoms in total. The lowest BCUT2D eigenvalue weighted by Gasteiger charge is -2.13. The molecule has 1 rings (SSSR count). The van der Waals surface area contributed by atoms with Crippen LogP contribution in [0.25, 0.3) is 0 Å². The zero-order valence-corrected chi connectivity index (χ0v) is 10.9. The lowest BCUT2D eigenvalue weighted by Crippen LogP contribution is -2.26. The first-order valence-corrected chi connectivity index (χ1v) is 7.20. The van der Waals surface area contributed by atoms with Crippen molar-refractivity contribution >= 4 is 5.91 Å². The van der Waals surface area contributed by atoms with Crippen molar-refractivity contribution in [3.63, 3.8) is 0 Å². The number of aliphatic hydroxyl groups is 1. The largest absolute Gasteiger partial charge is 0.396 e. The smallest absolute Gasteiger partial charge is 0.220 e. The Kier molecular flexibility index (Phi) is 8.06. The monoisotopic (exact) mass is 241 g/mol. The van der Waals surface area contributed by atoms with Gasteiger partial charge in [0, 0.05) is 19.6 Å². The maximum absolute atomic E-state index is 11.7. The summed E-state index contributed by atoms with van der Waals surface area (Å²) in [5, 5.41) is 11.6. The lowest BCUT2D eigenvalue weighted by molar-refractivity contribution is -0.122. The Bertz CT molecular complexity index is 198. The Morgan fingerprint density at radius 1 is 1.06 bits per heavy atom. The zero-order chi connectivity index (χ0) is 12.3. The number of amides is 1. The molecule has 0 radical (unpaired) electrons. The van der Waals surface area contributed by atoms with E-state index in [0.29, 0.717) is 5.92 Å². The fourth-order valence-electron chi connectivity index (χ4n) is 2.54. The number of aliphatic hydroxyl groups excluding tert-OH is 1. The predicted molar refractivity (Wildman–Crippen MR) is 69.8 cm³/mol. The average Bonchev–Trinajstić information content (AvgIpc) is 2.57. The predicted octanol–water partition coefficient (Wildman–Crippen LogP) is 2.63. The second-order valence-electron chi connectivity index (χ2n) is 5.20. The summed E-state index contributed by atoms with van der Waals surface area (Å²) in [5.41, 5.74) is 0. The topological polar surface area (TPSA) is 49.3 Å². The van der Waals surface area contributed by atoms with Crippen LogP contribution in [0.15, 0.2) is 0 Å². The third kappa shape index (κ3) is 7.37. The number of hydrogen-bond acceptors (Lipinski definition) is 2. The summed E-state index contributed by atoms with van der Waals surface area (Å²) in [5.74, 6) is 0.843. The number of carbonyl (C=O) groups excluding carboxylic acids is 1. The maximum Gasteiger partial charge on any atom is 0.220 e. The zero-order valence-electron chi connectivity index (χ0n) is 10.9. The van der Waals surface area contributed by atoms with Crippen molar-refractivity contribution < 1.29 is 9.90 Å². The molecule has 100 valence electrons. The first kappa shape index (κ1) is 14.5. The molecule has 0 aromatic carbocycles. The van der Waals surface area contributed by atoms with E-state index < -0.39 is 0 Å². The van der Waals surface area contributed by atoms with Gasteiger partial charge in [0.1, 0.15) is 0 Å². The van der Waals surface area contributed by atoms with Gasteiger partial charge < -0.3 is 10.4 Å². The van der Waals surface area contributed by atoms with Gasteiger partial charge in [-0.15, -0.1) is 0 Å². The molecule has 0 bridgehead atoms. The highest BCUT2D eigenvalue weighted by Gasteiger charge is 2.15. The Morgan fingerprint density at radius 3 is 2.41 bits per heavy atom. The second kappa shape index (κ2) is 9.46. The van der Waals surface area contributed by atoms with E-state index in [1.165, 1.54) is 38.5 Å². The van der Waals surface area contributed by atoms with Crippen molar-refractivity contribution in [1.82, 2.24) is 5.32 Å². The molecule has 3 heteroatoms. The van der Waals surface area contributed by atoms with Gasteiger partial charge in [-0.1, -0.05) is 25.7 Å². The molecule has 17 heavy (non-hydrogen) atoms. The van der Waals surface area contributed by atoms with Gasteiger partial charge in [0.2, 0.25) is 5.91 Å². The number of carbonyl (C=O) groups is 1. The van der Waals surface area contributed by atoms with E-state index in [4.69, 9.17) is 5.11 Å². The molecule has 1 fully saturated rings. The van der Waals surface area contributed by atoms with Crippen molar-refractivity contribution in [2.75, 3.05) is 13.2 Å². The van der Waals surface area contributed by atoms with Crippen LogP contribution in [0.4, 0.5) is 0 Å². The highest BCUT2D eigenvalue weighted by atomic mass is 16.2. The van der Waals surface area contributed by atoms with E-state index in [1.54, 1.807) is 0 Å². The van der Waals surface area contributed by atoms with Crippen molar-refractivity contribution in [2.24, 2.45) is 5.92 Å². The standard InChI is InChI=1S/C14H27NO2/c16-11-7-3-6-10-15-14(17)12-13-8-4-1-2-5-9-13/h13,16H,1-12H2,(H,15,17). The molecule has 2 N–H and O–H groups in total. The molecule has 0 saturated heterocycles. The molecule has 1 aliphatic rings. The summed E-state index contributed by atoms with van der Waals surface area (Å²) >= 11 is 0. The minimum Gasteiger partial charge on any atom is -0.396 e. The van der Waals surface area contributed by atoms with Crippen molar-refractivity contribution in [1.29, 1.82) is 0 Å². The van der Waals surface area contributed by atoms with Crippen LogP contribution < -0.4 is 5.32 Å². The Hall–Kier alpha value is -0.570. The summed E-state index contributed by atoms with van der Waals surface area (Å²) in [4.78, 5) is 11.7. The summed E-state index contributed by atoms with van der Waals surface area (Å²) in [6, 6.07) is 0. The minimum absolute atomic E-state index is 0.223. The highest BCUT2D eigenvalue weighted by molar-refractivity contribution is 5.76. The maximum atomic E-state index is 11.7. The Balaban J connectivity index is 2.03. The normalized spacial score (nSPS) is 17.7. The van der Waals surface area contributed by atoms with E-state index in [0.717, 1.165) is 32.2 Å². The van der Waals surface area contributed by atoms with Crippen LogP contribution >= 0.6 is 0 Å². The summed E-state index contributed by atoms with van der Waals surface area (Å²) in [6.07, 6.45) is 11.3. The van der Waals surface area contributed by atoms with Gasteiger partial charge >= 0.3 is 0 Å². The van der Waals surface area contributed by atoms with Crippen LogP contribution in [0.5, 0.6) is 0 Å². The van der Waals surface area contributed by atoms with Crippen molar-refractivity contribution in [3.05, 3.63) is 0 Å². The first-order valence-electron chi connectivity index (χ1n) is 7.20. The fourth-order valence-corrected chi connectivity index (χ4v) is 2.54. The Labute approximate surface area is 105 Å². The third-order valence-corrected chi connectivity index (χ3v) is 3.61. The second-order valence-corrected chi connectivity index (χ2v) is 5.20. The molecule has 1 aliphatic carbocycles. The molecule has 0 aliphatic heterocycles. The lowest BCUT2D eigenvalue weighted by atomic mass is 9.96. The highest BCUT2D eigenvalue weighted by Crippen LogP contribution is 2.25. The SMILES string of the molecule is O=C(CC1CCCCCC1)NCCCCCO. The van der Waals surface area contributed by atoms with Gasteiger partial charge in [0.05, 0.1) is 0 Å². The van der Waals surface area contributed by atoms with Crippen LogP contribution in [-0.4, -0.2) is 24.2 Å². The van der Waals surface area contributed by atoms with Crippen molar-refractivity contribution in [2.45, 2.75) is 64.2 Å². The molecular formula is C14H27NO2. The summed E-state index contributed by atoms with van der Waals surface area (Å²) in [7, 11) is 0. The van der Waals surface area contributed by atoms with E-state index in [9.17, 15) is 4.79 Å². The van der Waals surface area contributed by atoms with E-state index in [-0.39, 0.29) is 12.5 Å². The van der Waals surface area contributed by atoms with Crippen LogP contribution in [0, 0.1) is 5.92 Å². The fraction of sp³-hybridized carbons (Fsp3) is 0.929. The van der Waals surface area contributed by atoms with Gasteiger partial charge in [-0.05, 0) is 38.0 Å². The van der Waals surface area contributed by atoms with Crippen LogP contribution in [0.3, 0.4) is 0 Å². The summed E-state index contributed by atoms with van der Waals surface area (Å²) in [6.45, 7) is 1.03. The first-order chi connectivity index (χ1) is 8.33. The van der Waals surface area contributed by atoms with Gasteiger partial charge in [-0.2, -0.15) is 0 Å². The third-order valence-electron chi connectivity index (χ3n) is 3.61. The van der Waals surface area contributed by atoms with Gasteiger partial charge in [0.25, 0.3) is 0 Å². The molecular weight excluding hydrogens is 214 g/mol. The number of unbranched alkanes of at least 4 members (excludes halogenated alkanes) is 2. The van der Waals surface area contributed by atoms with Crippen molar-refractivity contribution in [3.8, 4) is 0 Å². The summed E-state index contributed by atoms with van der Waals surface area (Å²) < 4.78 is 0. The molecule has 0 aromatic rings. The van der Waals surface area contributed by atoms with Gasteiger partial charge in [0.15, 0.2) is 0 Å². The van der Waals surface area contributed by atoms with Gasteiger partial charge in [-0.25, -0.2) is 0 Å². The molecule has 0 atom stereocenters. The van der Waals surface area contributed by atoms with Crippen LogP contribution in [-0.2, 0) is 4.79 Å². The van der Waals surface area contributed by atoms with Crippen LogP contribution in [0.2, 0.25) is 0 Å². The quantitative estimate of drug-likeness (QED) is 0.532. The van der Waals surface area contributed by atoms with Crippen LogP contribution in [0.1, 0.15) is 64.2 Å². The number of nitrogens with one attached hydrogen (secondary N) is 1. The molecule has 0 unspecified atom stereocenters. The van der Waals surface area contributed by atoms with E-state index in [1.807, 2.05) is 0 Å². The van der Waals surface area contributed by atoms with Gasteiger partial charge in [-0.3, -0.25) is 4.79 Å². The number of hydrogen-bond donors (Lipinski definition) is 2. The molecule has 0 spiro atoms. The number of rotatable bonds is 7. The molecule has 0 aromatic heterocycles. The molecule has 1 amide bonds. The molecule has 0 heterocycles.